The number of ether oxygens (including phenoxy) is 1. The molecular weight excluding hydrogens is 336 g/mol. The van der Waals surface area contributed by atoms with Crippen LogP contribution in [0, 0.1) is 10.1 Å². The summed E-state index contributed by atoms with van der Waals surface area (Å²) in [6.07, 6.45) is 0. The van der Waals surface area contributed by atoms with Crippen molar-refractivity contribution in [2.24, 2.45) is 0 Å². The van der Waals surface area contributed by atoms with Crippen molar-refractivity contribution in [1.29, 1.82) is 0 Å². The molecule has 0 spiro atoms. The van der Waals surface area contributed by atoms with Crippen LogP contribution >= 0.6 is 11.6 Å². The van der Waals surface area contributed by atoms with E-state index < -0.39 is 4.92 Å². The number of amides is 1. The number of carbonyl (C=O) groups excluding carboxylic acids is 2. The van der Waals surface area contributed by atoms with E-state index in [1.807, 2.05) is 0 Å². The minimum atomic E-state index is -0.631. The number of ketones is 1. The second kappa shape index (κ2) is 7.56. The fourth-order valence-corrected chi connectivity index (χ4v) is 2.09. The lowest BCUT2D eigenvalue weighted by atomic mass is 10.1. The number of nitrogens with one attached hydrogen (secondary N) is 1. The van der Waals surface area contributed by atoms with Gasteiger partial charge in [0.25, 0.3) is 0 Å². The first-order valence-corrected chi connectivity index (χ1v) is 7.22. The van der Waals surface area contributed by atoms with Gasteiger partial charge in [-0.1, -0.05) is 11.6 Å². The molecule has 1 amide bonds. The van der Waals surface area contributed by atoms with Gasteiger partial charge < -0.3 is 10.1 Å². The van der Waals surface area contributed by atoms with E-state index in [9.17, 15) is 19.7 Å². The number of Topliss-reactive ketones (excluding diaryl/α,β-unsaturated/α-hetero) is 1. The normalized spacial score (nSPS) is 10.1. The van der Waals surface area contributed by atoms with Crippen LogP contribution in [-0.2, 0) is 4.79 Å². The standard InChI is InChI=1S/C16H13ClN2O5/c1-10(20)18-13-5-2-11(3-6-13)15(21)9-24-16-7-4-12(17)8-14(16)19(22)23/h2-8H,9H2,1H3,(H,18,20). The monoisotopic (exact) mass is 348 g/mol. The average Bonchev–Trinajstić information content (AvgIpc) is 2.53. The van der Waals surface area contributed by atoms with Crippen molar-refractivity contribution in [2.75, 3.05) is 11.9 Å². The molecule has 2 aromatic rings. The molecule has 0 unspecified atom stereocenters. The van der Waals surface area contributed by atoms with Crippen molar-refractivity contribution >= 4 is 34.7 Å². The van der Waals surface area contributed by atoms with E-state index in [0.717, 1.165) is 6.07 Å². The lowest BCUT2D eigenvalue weighted by Crippen LogP contribution is -2.12. The van der Waals surface area contributed by atoms with Gasteiger partial charge >= 0.3 is 5.69 Å². The molecule has 0 aliphatic rings. The van der Waals surface area contributed by atoms with Crippen molar-refractivity contribution in [1.82, 2.24) is 0 Å². The first kappa shape index (κ1) is 17.4. The third kappa shape index (κ3) is 4.53. The Hall–Kier alpha value is -2.93. The van der Waals surface area contributed by atoms with Crippen molar-refractivity contribution < 1.29 is 19.2 Å². The summed E-state index contributed by atoms with van der Waals surface area (Å²) in [5.41, 5.74) is 0.616. The topological polar surface area (TPSA) is 98.5 Å². The molecule has 2 rings (SSSR count). The van der Waals surface area contributed by atoms with Gasteiger partial charge in [0.2, 0.25) is 5.91 Å². The van der Waals surface area contributed by atoms with E-state index in [1.54, 1.807) is 12.1 Å². The molecule has 0 fully saturated rings. The first-order chi connectivity index (χ1) is 11.4. The predicted octanol–water partition coefficient (Wildman–Crippen LogP) is 3.47. The van der Waals surface area contributed by atoms with Crippen LogP contribution in [0.5, 0.6) is 5.75 Å². The molecule has 8 heteroatoms. The summed E-state index contributed by atoms with van der Waals surface area (Å²) < 4.78 is 5.24. The Kier molecular flexibility index (Phi) is 5.49. The quantitative estimate of drug-likeness (QED) is 0.489. The van der Waals surface area contributed by atoms with Crippen LogP contribution in [-0.4, -0.2) is 23.2 Å². The number of rotatable bonds is 6. The fourth-order valence-electron chi connectivity index (χ4n) is 1.92. The minimum absolute atomic E-state index is 0.0346. The number of halogens is 1. The molecule has 0 aliphatic carbocycles. The summed E-state index contributed by atoms with van der Waals surface area (Å²) in [6.45, 7) is 1.02. The number of nitro groups is 1. The van der Waals surface area contributed by atoms with Gasteiger partial charge in [-0.05, 0) is 36.4 Å². The maximum atomic E-state index is 12.1. The van der Waals surface area contributed by atoms with E-state index >= 15 is 0 Å². The maximum absolute atomic E-state index is 12.1. The summed E-state index contributed by atoms with van der Waals surface area (Å²) in [7, 11) is 0. The number of benzene rings is 2. The zero-order valence-electron chi connectivity index (χ0n) is 12.6. The van der Waals surface area contributed by atoms with Crippen LogP contribution in [0.2, 0.25) is 5.02 Å². The summed E-state index contributed by atoms with van der Waals surface area (Å²) in [5.74, 6) is -0.603. The number of nitrogens with zero attached hydrogens (tertiary/aromatic N) is 1. The van der Waals surface area contributed by atoms with Gasteiger partial charge in [-0.15, -0.1) is 0 Å². The van der Waals surface area contributed by atoms with E-state index in [1.165, 1.54) is 31.2 Å². The maximum Gasteiger partial charge on any atom is 0.312 e. The van der Waals surface area contributed by atoms with Gasteiger partial charge in [0.1, 0.15) is 0 Å². The molecule has 0 heterocycles. The molecule has 0 saturated carbocycles. The Bertz CT molecular complexity index is 790. The zero-order chi connectivity index (χ0) is 17.7. The van der Waals surface area contributed by atoms with Crippen molar-refractivity contribution in [2.45, 2.75) is 6.92 Å². The first-order valence-electron chi connectivity index (χ1n) is 6.84. The molecule has 124 valence electrons. The highest BCUT2D eigenvalue weighted by molar-refractivity contribution is 6.30. The zero-order valence-corrected chi connectivity index (χ0v) is 13.4. The third-order valence-electron chi connectivity index (χ3n) is 3.00. The highest BCUT2D eigenvalue weighted by Crippen LogP contribution is 2.29. The minimum Gasteiger partial charge on any atom is -0.478 e. The summed E-state index contributed by atoms with van der Waals surface area (Å²) in [4.78, 5) is 33.4. The fraction of sp³-hybridized carbons (Fsp3) is 0.125. The summed E-state index contributed by atoms with van der Waals surface area (Å²) in [5, 5.41) is 13.7. The second-order valence-corrected chi connectivity index (χ2v) is 5.28. The molecule has 7 nitrogen and oxygen atoms in total. The molecule has 0 aliphatic heterocycles. The molecule has 0 atom stereocenters. The lowest BCUT2D eigenvalue weighted by Gasteiger charge is -2.07. The Balaban J connectivity index is 2.06. The SMILES string of the molecule is CC(=O)Nc1ccc(C(=O)COc2ccc(Cl)cc2[N+](=O)[O-])cc1. The Morgan fingerprint density at radius 2 is 1.88 bits per heavy atom. The van der Waals surface area contributed by atoms with Gasteiger partial charge in [-0.3, -0.25) is 19.7 Å². The highest BCUT2D eigenvalue weighted by Gasteiger charge is 2.17. The van der Waals surface area contributed by atoms with E-state index in [2.05, 4.69) is 5.32 Å². The Labute approximate surface area is 142 Å². The van der Waals surface area contributed by atoms with Crippen LogP contribution in [0.1, 0.15) is 17.3 Å². The Morgan fingerprint density at radius 3 is 2.46 bits per heavy atom. The smallest absolute Gasteiger partial charge is 0.312 e. The third-order valence-corrected chi connectivity index (χ3v) is 3.24. The van der Waals surface area contributed by atoms with E-state index in [-0.39, 0.29) is 34.8 Å². The van der Waals surface area contributed by atoms with E-state index in [4.69, 9.17) is 16.3 Å². The predicted molar refractivity (Wildman–Crippen MR) is 88.7 cm³/mol. The molecule has 24 heavy (non-hydrogen) atoms. The van der Waals surface area contributed by atoms with Gasteiger partial charge in [-0.25, -0.2) is 0 Å². The average molecular weight is 349 g/mol. The van der Waals surface area contributed by atoms with Crippen molar-refractivity contribution in [3.8, 4) is 5.75 Å². The van der Waals surface area contributed by atoms with Crippen LogP contribution in [0.4, 0.5) is 11.4 Å². The summed E-state index contributed by atoms with van der Waals surface area (Å²) in [6, 6.07) is 10.2. The van der Waals surface area contributed by atoms with Gasteiger partial charge in [0.05, 0.1) is 4.92 Å². The molecule has 0 bridgehead atoms. The van der Waals surface area contributed by atoms with Gasteiger partial charge in [-0.2, -0.15) is 0 Å². The molecule has 2 aromatic carbocycles. The van der Waals surface area contributed by atoms with Crippen molar-refractivity contribution in [3.63, 3.8) is 0 Å². The molecule has 0 saturated heterocycles. The van der Waals surface area contributed by atoms with Gasteiger partial charge in [0.15, 0.2) is 18.1 Å². The van der Waals surface area contributed by atoms with Crippen LogP contribution in [0.3, 0.4) is 0 Å². The van der Waals surface area contributed by atoms with Crippen LogP contribution in [0.15, 0.2) is 42.5 Å². The highest BCUT2D eigenvalue weighted by atomic mass is 35.5. The largest absolute Gasteiger partial charge is 0.478 e. The Morgan fingerprint density at radius 1 is 1.21 bits per heavy atom. The molecule has 1 N–H and O–H groups in total. The molecule has 0 aromatic heterocycles. The molecular formula is C16H13ClN2O5. The number of anilines is 1. The number of nitro benzene ring substituents is 1. The molecule has 0 radical (unpaired) electrons. The van der Waals surface area contributed by atoms with Crippen molar-refractivity contribution in [3.05, 3.63) is 63.2 Å². The number of carbonyl (C=O) groups is 2. The van der Waals surface area contributed by atoms with Crippen LogP contribution in [0.25, 0.3) is 0 Å². The van der Waals surface area contributed by atoms with Gasteiger partial charge in [0, 0.05) is 29.3 Å². The van der Waals surface area contributed by atoms with E-state index in [0.29, 0.717) is 11.3 Å². The van der Waals surface area contributed by atoms with Crippen LogP contribution < -0.4 is 10.1 Å². The number of hydrogen-bond donors (Lipinski definition) is 1. The second-order valence-electron chi connectivity index (χ2n) is 4.84. The lowest BCUT2D eigenvalue weighted by molar-refractivity contribution is -0.385. The number of hydrogen-bond acceptors (Lipinski definition) is 5. The summed E-state index contributed by atoms with van der Waals surface area (Å²) >= 11 is 5.71.